The molecule has 0 saturated heterocycles. The molecule has 0 aliphatic carbocycles. The van der Waals surface area contributed by atoms with Gasteiger partial charge in [-0.05, 0) is 6.07 Å². The van der Waals surface area contributed by atoms with Crippen LogP contribution in [0.4, 0.5) is 11.8 Å². The third-order valence-electron chi connectivity index (χ3n) is 4.66. The zero-order valence-electron chi connectivity index (χ0n) is 15.3. The van der Waals surface area contributed by atoms with Crippen LogP contribution in [0.2, 0.25) is 0 Å². The second-order valence-electron chi connectivity index (χ2n) is 6.66. The van der Waals surface area contributed by atoms with Crippen LogP contribution < -0.4 is 15.4 Å². The molecule has 3 aromatic rings. The molecular weight excluding hydrogens is 342 g/mol. The van der Waals surface area contributed by atoms with Crippen molar-refractivity contribution in [3.05, 3.63) is 48.3 Å². The number of pyridine rings is 1. The van der Waals surface area contributed by atoms with E-state index in [2.05, 4.69) is 36.7 Å². The number of anilines is 2. The average Bonchev–Trinajstić information content (AvgIpc) is 3.17. The summed E-state index contributed by atoms with van der Waals surface area (Å²) in [6, 6.07) is 3.95. The van der Waals surface area contributed by atoms with Gasteiger partial charge in [0.1, 0.15) is 17.9 Å². The highest BCUT2D eigenvalue weighted by Crippen LogP contribution is 2.33. The van der Waals surface area contributed by atoms with E-state index in [0.717, 1.165) is 48.1 Å². The summed E-state index contributed by atoms with van der Waals surface area (Å²) in [5.41, 5.74) is 9.34. The Bertz CT molecular complexity index is 945. The summed E-state index contributed by atoms with van der Waals surface area (Å²) in [7, 11) is 2.01. The van der Waals surface area contributed by atoms with E-state index in [-0.39, 0.29) is 11.9 Å². The largest absolute Gasteiger partial charge is 0.491 e. The lowest BCUT2D eigenvalue weighted by molar-refractivity contribution is 0.349. The molecule has 0 bridgehead atoms. The Balaban J connectivity index is 1.53. The normalized spacial score (nSPS) is 13.7. The molecule has 0 fully saturated rings. The van der Waals surface area contributed by atoms with Crippen LogP contribution in [0.5, 0.6) is 5.75 Å². The first-order valence-electron chi connectivity index (χ1n) is 8.83. The first-order valence-corrected chi connectivity index (χ1v) is 8.83. The second-order valence-corrected chi connectivity index (χ2v) is 6.66. The number of nitrogens with zero attached hydrogens (tertiary/aromatic N) is 6. The number of nitrogen functional groups attached to an aromatic ring is 1. The molecule has 1 atom stereocenters. The number of hydrogen-bond acceptors (Lipinski definition) is 8. The number of ether oxygens (including phenoxy) is 1. The minimum absolute atomic E-state index is 0.196. The average molecular weight is 363 g/mol. The van der Waals surface area contributed by atoms with Gasteiger partial charge in [-0.25, -0.2) is 19.9 Å². The molecule has 0 radical (unpaired) electrons. The van der Waals surface area contributed by atoms with Crippen molar-refractivity contribution in [3.8, 4) is 17.0 Å². The minimum atomic E-state index is 0.196. The monoisotopic (exact) mass is 363 g/mol. The molecule has 1 unspecified atom stereocenters. The number of nitrogens with two attached hydrogens (primary N) is 1. The van der Waals surface area contributed by atoms with Gasteiger partial charge in [0, 0.05) is 61.7 Å². The summed E-state index contributed by atoms with van der Waals surface area (Å²) in [5.74, 6) is 2.20. The van der Waals surface area contributed by atoms with Gasteiger partial charge < -0.3 is 15.4 Å². The fourth-order valence-electron chi connectivity index (χ4n) is 3.26. The number of rotatable bonds is 5. The van der Waals surface area contributed by atoms with E-state index in [1.807, 2.05) is 25.4 Å². The molecule has 0 saturated carbocycles. The molecule has 1 aliphatic rings. The Morgan fingerprint density at radius 3 is 2.81 bits per heavy atom. The fraction of sp³-hybridized carbons (Fsp3) is 0.316. The maximum atomic E-state index is 5.79. The van der Waals surface area contributed by atoms with Gasteiger partial charge in [-0.3, -0.25) is 4.98 Å². The van der Waals surface area contributed by atoms with E-state index in [1.165, 1.54) is 5.56 Å². The van der Waals surface area contributed by atoms with Crippen molar-refractivity contribution in [2.45, 2.75) is 19.3 Å². The fourth-order valence-corrected chi connectivity index (χ4v) is 3.26. The van der Waals surface area contributed by atoms with Gasteiger partial charge in [0.15, 0.2) is 0 Å². The summed E-state index contributed by atoms with van der Waals surface area (Å²) in [5, 5.41) is 0. The molecule has 4 heterocycles. The number of likely N-dealkylation sites (N-methyl/N-ethyl adjacent to an activating group) is 1. The molecular formula is C19H21N7O. The predicted octanol–water partition coefficient (Wildman–Crippen LogP) is 2.09. The van der Waals surface area contributed by atoms with Gasteiger partial charge in [-0.2, -0.15) is 0 Å². The van der Waals surface area contributed by atoms with Crippen molar-refractivity contribution in [1.29, 1.82) is 0 Å². The van der Waals surface area contributed by atoms with Crippen LogP contribution in [-0.4, -0.2) is 45.1 Å². The topological polar surface area (TPSA) is 103 Å². The number of fused-ring (bicyclic) bond motifs is 1. The van der Waals surface area contributed by atoms with E-state index in [4.69, 9.17) is 10.5 Å². The van der Waals surface area contributed by atoms with Crippen LogP contribution in [0.25, 0.3) is 11.3 Å². The zero-order valence-corrected chi connectivity index (χ0v) is 15.3. The van der Waals surface area contributed by atoms with Crippen LogP contribution in [-0.2, 0) is 6.42 Å². The Labute approximate surface area is 157 Å². The highest BCUT2D eigenvalue weighted by Gasteiger charge is 2.22. The molecule has 2 N–H and O–H groups in total. The van der Waals surface area contributed by atoms with Gasteiger partial charge in [-0.1, -0.05) is 6.92 Å². The third kappa shape index (κ3) is 3.51. The van der Waals surface area contributed by atoms with Crippen molar-refractivity contribution in [2.75, 3.05) is 30.8 Å². The second kappa shape index (κ2) is 7.14. The maximum Gasteiger partial charge on any atom is 0.219 e. The lowest BCUT2D eigenvalue weighted by atomic mass is 10.0. The minimum Gasteiger partial charge on any atom is -0.491 e. The van der Waals surface area contributed by atoms with E-state index in [0.29, 0.717) is 0 Å². The van der Waals surface area contributed by atoms with E-state index >= 15 is 0 Å². The standard InChI is InChI=1S/C19H21N7O/c1-12(17-18-13(3-5-21-17)4-6-27-18)10-26(2)16-7-15(24-11-25-16)14-8-22-19(20)23-9-14/h3,5,7-9,11-12H,4,6,10H2,1-2H3,(H2,20,22,23). The first kappa shape index (κ1) is 17.1. The summed E-state index contributed by atoms with van der Waals surface area (Å²) in [6.07, 6.45) is 7.68. The van der Waals surface area contributed by atoms with Gasteiger partial charge in [0.2, 0.25) is 5.95 Å². The lowest BCUT2D eigenvalue weighted by Crippen LogP contribution is -2.24. The quantitative estimate of drug-likeness (QED) is 0.735. The first-order chi connectivity index (χ1) is 13.1. The summed E-state index contributed by atoms with van der Waals surface area (Å²) in [6.45, 7) is 3.63. The molecule has 4 rings (SSSR count). The lowest BCUT2D eigenvalue weighted by Gasteiger charge is -2.23. The van der Waals surface area contributed by atoms with Gasteiger partial charge in [0.25, 0.3) is 0 Å². The van der Waals surface area contributed by atoms with Crippen molar-refractivity contribution >= 4 is 11.8 Å². The van der Waals surface area contributed by atoms with E-state index < -0.39 is 0 Å². The Morgan fingerprint density at radius 2 is 2.00 bits per heavy atom. The van der Waals surface area contributed by atoms with Crippen LogP contribution in [0, 0.1) is 0 Å². The summed E-state index contributed by atoms with van der Waals surface area (Å²) in [4.78, 5) is 23.4. The Morgan fingerprint density at radius 1 is 1.19 bits per heavy atom. The molecule has 0 aromatic carbocycles. The Kier molecular flexibility index (Phi) is 4.53. The highest BCUT2D eigenvalue weighted by molar-refractivity contribution is 5.61. The van der Waals surface area contributed by atoms with Crippen LogP contribution in [0.15, 0.2) is 37.1 Å². The van der Waals surface area contributed by atoms with E-state index in [1.54, 1.807) is 18.7 Å². The van der Waals surface area contributed by atoms with Crippen LogP contribution in [0.3, 0.4) is 0 Å². The molecule has 0 spiro atoms. The zero-order chi connectivity index (χ0) is 18.8. The molecule has 138 valence electrons. The highest BCUT2D eigenvalue weighted by atomic mass is 16.5. The molecule has 3 aromatic heterocycles. The smallest absolute Gasteiger partial charge is 0.219 e. The molecule has 27 heavy (non-hydrogen) atoms. The van der Waals surface area contributed by atoms with Gasteiger partial charge in [-0.15, -0.1) is 0 Å². The van der Waals surface area contributed by atoms with Crippen molar-refractivity contribution in [2.24, 2.45) is 0 Å². The van der Waals surface area contributed by atoms with Crippen molar-refractivity contribution < 1.29 is 4.74 Å². The Hall–Kier alpha value is -3.29. The van der Waals surface area contributed by atoms with Crippen LogP contribution in [0.1, 0.15) is 24.1 Å². The predicted molar refractivity (Wildman–Crippen MR) is 103 cm³/mol. The number of aromatic nitrogens is 5. The molecule has 8 nitrogen and oxygen atoms in total. The third-order valence-corrected chi connectivity index (χ3v) is 4.66. The maximum absolute atomic E-state index is 5.79. The van der Waals surface area contributed by atoms with E-state index in [9.17, 15) is 0 Å². The van der Waals surface area contributed by atoms with Gasteiger partial charge in [0.05, 0.1) is 18.0 Å². The summed E-state index contributed by atoms with van der Waals surface area (Å²) >= 11 is 0. The van der Waals surface area contributed by atoms with Gasteiger partial charge >= 0.3 is 0 Å². The number of hydrogen-bond donors (Lipinski definition) is 1. The molecule has 1 aliphatic heterocycles. The summed E-state index contributed by atoms with van der Waals surface area (Å²) < 4.78 is 5.79. The molecule has 0 amide bonds. The van der Waals surface area contributed by atoms with Crippen LogP contribution >= 0.6 is 0 Å². The van der Waals surface area contributed by atoms with Crippen molar-refractivity contribution in [1.82, 2.24) is 24.9 Å². The molecule has 8 heteroatoms. The van der Waals surface area contributed by atoms with Crippen molar-refractivity contribution in [3.63, 3.8) is 0 Å². The SMILES string of the molecule is CC(CN(C)c1cc(-c2cnc(N)nc2)ncn1)c1nccc2c1OCC2.